The highest BCUT2D eigenvalue weighted by Crippen LogP contribution is 2.44. The van der Waals surface area contributed by atoms with E-state index in [4.69, 9.17) is 13.9 Å². The quantitative estimate of drug-likeness (QED) is 0.575. The highest BCUT2D eigenvalue weighted by Gasteiger charge is 2.32. The van der Waals surface area contributed by atoms with Crippen LogP contribution in [-0.2, 0) is 14.3 Å². The zero-order valence-corrected chi connectivity index (χ0v) is 18.8. The third-order valence-corrected chi connectivity index (χ3v) is 6.34. The molecule has 0 bridgehead atoms. The topological polar surface area (TPSA) is 118 Å². The molecule has 5 rings (SSSR count). The van der Waals surface area contributed by atoms with Crippen molar-refractivity contribution in [3.63, 3.8) is 0 Å². The summed E-state index contributed by atoms with van der Waals surface area (Å²) in [7, 11) is 0. The fourth-order valence-corrected chi connectivity index (χ4v) is 4.61. The Balaban J connectivity index is 1.26. The Morgan fingerprint density at radius 1 is 1.03 bits per heavy atom. The van der Waals surface area contributed by atoms with Crippen LogP contribution in [0, 0.1) is 5.92 Å². The summed E-state index contributed by atoms with van der Waals surface area (Å²) in [5.41, 5.74) is 4.60. The largest absolute Gasteiger partial charge is 0.481 e. The van der Waals surface area contributed by atoms with E-state index < -0.39 is 23.9 Å². The number of hydrogen-bond acceptors (Lipinski definition) is 6. The summed E-state index contributed by atoms with van der Waals surface area (Å²) in [5, 5.41) is 11.9. The van der Waals surface area contributed by atoms with Gasteiger partial charge < -0.3 is 23.9 Å². The zero-order valence-electron chi connectivity index (χ0n) is 18.8. The number of benzene rings is 2. The number of nitrogens with one attached hydrogen (secondary N) is 1. The van der Waals surface area contributed by atoms with Crippen LogP contribution in [-0.4, -0.2) is 60.9 Å². The van der Waals surface area contributed by atoms with Crippen molar-refractivity contribution in [1.82, 2.24) is 4.90 Å². The van der Waals surface area contributed by atoms with Crippen molar-refractivity contribution in [3.8, 4) is 11.1 Å². The van der Waals surface area contributed by atoms with Gasteiger partial charge in [-0.15, -0.1) is 0 Å². The third-order valence-electron chi connectivity index (χ3n) is 6.34. The van der Waals surface area contributed by atoms with E-state index in [-0.39, 0.29) is 50.3 Å². The van der Waals surface area contributed by atoms with E-state index in [2.05, 4.69) is 17.4 Å². The van der Waals surface area contributed by atoms with Crippen LogP contribution >= 0.6 is 0 Å². The Labute approximate surface area is 201 Å². The molecule has 1 saturated heterocycles. The predicted octanol–water partition coefficient (Wildman–Crippen LogP) is 3.81. The van der Waals surface area contributed by atoms with Crippen molar-refractivity contribution < 1.29 is 33.4 Å². The fourth-order valence-electron chi connectivity index (χ4n) is 4.61. The van der Waals surface area contributed by atoms with E-state index in [1.165, 1.54) is 17.2 Å². The van der Waals surface area contributed by atoms with Crippen molar-refractivity contribution in [3.05, 3.63) is 77.7 Å². The number of furan rings is 1. The van der Waals surface area contributed by atoms with Crippen molar-refractivity contribution >= 4 is 23.7 Å². The van der Waals surface area contributed by atoms with Gasteiger partial charge in [-0.1, -0.05) is 48.5 Å². The van der Waals surface area contributed by atoms with Crippen molar-refractivity contribution in [2.45, 2.75) is 5.92 Å². The van der Waals surface area contributed by atoms with E-state index in [0.717, 1.165) is 22.3 Å². The van der Waals surface area contributed by atoms with Gasteiger partial charge in [0.05, 0.1) is 31.1 Å². The molecule has 0 spiro atoms. The van der Waals surface area contributed by atoms with E-state index in [0.29, 0.717) is 0 Å². The molecule has 1 unspecified atom stereocenters. The molecule has 1 aliphatic heterocycles. The third kappa shape index (κ3) is 4.50. The van der Waals surface area contributed by atoms with E-state index in [9.17, 15) is 19.5 Å². The minimum Gasteiger partial charge on any atom is -0.481 e. The number of hydrogen-bond donors (Lipinski definition) is 2. The molecule has 1 atom stereocenters. The molecule has 1 fully saturated rings. The molecule has 35 heavy (non-hydrogen) atoms. The summed E-state index contributed by atoms with van der Waals surface area (Å²) < 4.78 is 16.2. The Hall–Kier alpha value is -4.11. The molecule has 2 aromatic carbocycles. The summed E-state index contributed by atoms with van der Waals surface area (Å²) in [6.45, 7) is 0.575. The Bertz CT molecular complexity index is 1220. The van der Waals surface area contributed by atoms with E-state index in [1.807, 2.05) is 36.4 Å². The summed E-state index contributed by atoms with van der Waals surface area (Å²) in [5.74, 6) is -2.59. The number of aliphatic carboxylic acids is 1. The normalized spacial score (nSPS) is 17.3. The van der Waals surface area contributed by atoms with E-state index in [1.54, 1.807) is 0 Å². The Morgan fingerprint density at radius 2 is 1.71 bits per heavy atom. The van der Waals surface area contributed by atoms with Crippen LogP contribution in [0.3, 0.4) is 0 Å². The van der Waals surface area contributed by atoms with Crippen molar-refractivity contribution in [2.24, 2.45) is 5.92 Å². The number of carboxylic acid groups (broad SMARTS) is 1. The molecule has 0 radical (unpaired) electrons. The molecule has 9 heteroatoms. The highest BCUT2D eigenvalue weighted by molar-refractivity contribution is 6.00. The molecule has 0 saturated carbocycles. The number of amides is 2. The maximum absolute atomic E-state index is 13.0. The lowest BCUT2D eigenvalue weighted by Crippen LogP contribution is -2.38. The van der Waals surface area contributed by atoms with Gasteiger partial charge in [0.15, 0.2) is 0 Å². The molecule has 3 aromatic rings. The fraction of sp³-hybridized carbons (Fsp3) is 0.269. The highest BCUT2D eigenvalue weighted by atomic mass is 16.5. The number of carbonyl (C=O) groups excluding carboxylic acids is 2. The maximum Gasteiger partial charge on any atom is 0.411 e. The summed E-state index contributed by atoms with van der Waals surface area (Å²) in [6.07, 6.45) is 0.569. The number of rotatable bonds is 5. The first-order valence-electron chi connectivity index (χ1n) is 11.3. The van der Waals surface area contributed by atoms with Crippen LogP contribution in [0.2, 0.25) is 0 Å². The van der Waals surface area contributed by atoms with E-state index >= 15 is 0 Å². The summed E-state index contributed by atoms with van der Waals surface area (Å²) in [6, 6.07) is 17.5. The number of nitrogens with zero attached hydrogens (tertiary/aromatic N) is 1. The van der Waals surface area contributed by atoms with Gasteiger partial charge in [0.1, 0.15) is 6.61 Å². The smallest absolute Gasteiger partial charge is 0.411 e. The number of carbonyl (C=O) groups is 3. The van der Waals surface area contributed by atoms with Crippen LogP contribution < -0.4 is 5.32 Å². The van der Waals surface area contributed by atoms with Gasteiger partial charge in [0.25, 0.3) is 5.91 Å². The number of fused-ring (bicyclic) bond motifs is 3. The molecule has 9 nitrogen and oxygen atoms in total. The van der Waals surface area contributed by atoms with Crippen LogP contribution in [0.5, 0.6) is 0 Å². The SMILES string of the molecule is O=C(Nc1ccoc1C(=O)N1CCOCC(C(=O)O)C1)OCC1c2ccccc2-c2ccccc21. The number of anilines is 1. The standard InChI is InChI=1S/C26H24N2O7/c29-24(28-10-12-33-14-16(13-28)25(30)31)23-22(9-11-34-23)27-26(32)35-15-21-19-7-3-1-5-17(19)18-6-2-4-8-20(18)21/h1-9,11,16,21H,10,12-15H2,(H,27,32)(H,30,31). The molecule has 1 aromatic heterocycles. The summed E-state index contributed by atoms with van der Waals surface area (Å²) in [4.78, 5) is 38.4. The van der Waals surface area contributed by atoms with Gasteiger partial charge in [0, 0.05) is 25.1 Å². The van der Waals surface area contributed by atoms with Gasteiger partial charge in [0.2, 0.25) is 5.76 Å². The molecule has 180 valence electrons. The van der Waals surface area contributed by atoms with Gasteiger partial charge in [-0.05, 0) is 22.3 Å². The van der Waals surface area contributed by atoms with Gasteiger partial charge in [-0.3, -0.25) is 14.9 Å². The molecular weight excluding hydrogens is 452 g/mol. The maximum atomic E-state index is 13.0. The second-order valence-electron chi connectivity index (χ2n) is 8.48. The molecule has 2 N–H and O–H groups in total. The second-order valence-corrected chi connectivity index (χ2v) is 8.48. The molecule has 1 aliphatic carbocycles. The second kappa shape index (κ2) is 9.63. The molecule has 2 heterocycles. The first-order chi connectivity index (χ1) is 17.0. The minimum absolute atomic E-state index is 0.0146. The molecular formula is C26H24N2O7. The van der Waals surface area contributed by atoms with Gasteiger partial charge in [-0.2, -0.15) is 0 Å². The Kier molecular flexibility index (Phi) is 6.24. The molecule has 2 amide bonds. The Morgan fingerprint density at radius 3 is 2.40 bits per heavy atom. The van der Waals surface area contributed by atoms with Gasteiger partial charge >= 0.3 is 12.1 Å². The first-order valence-corrected chi connectivity index (χ1v) is 11.3. The first kappa shape index (κ1) is 22.7. The zero-order chi connectivity index (χ0) is 24.4. The average molecular weight is 476 g/mol. The number of carboxylic acids is 1. The van der Waals surface area contributed by atoms with Crippen LogP contribution in [0.1, 0.15) is 27.6 Å². The van der Waals surface area contributed by atoms with Crippen molar-refractivity contribution in [1.29, 1.82) is 0 Å². The van der Waals surface area contributed by atoms with Crippen LogP contribution in [0.4, 0.5) is 10.5 Å². The number of ether oxygens (including phenoxy) is 2. The van der Waals surface area contributed by atoms with Crippen molar-refractivity contribution in [2.75, 3.05) is 38.2 Å². The van der Waals surface area contributed by atoms with Crippen LogP contribution in [0.15, 0.2) is 65.3 Å². The molecule has 2 aliphatic rings. The monoisotopic (exact) mass is 476 g/mol. The lowest BCUT2D eigenvalue weighted by Gasteiger charge is -2.21. The lowest BCUT2D eigenvalue weighted by molar-refractivity contribution is -0.143. The predicted molar refractivity (Wildman–Crippen MR) is 125 cm³/mol. The summed E-state index contributed by atoms with van der Waals surface area (Å²) >= 11 is 0. The average Bonchev–Trinajstić information content (AvgIpc) is 3.35. The lowest BCUT2D eigenvalue weighted by atomic mass is 9.98. The van der Waals surface area contributed by atoms with Gasteiger partial charge in [-0.25, -0.2) is 4.79 Å². The minimum atomic E-state index is -1.04. The van der Waals surface area contributed by atoms with Crippen LogP contribution in [0.25, 0.3) is 11.1 Å².